The van der Waals surface area contributed by atoms with Gasteiger partial charge in [0.25, 0.3) is 0 Å². The summed E-state index contributed by atoms with van der Waals surface area (Å²) in [5, 5.41) is 3.44. The van der Waals surface area contributed by atoms with Crippen LogP contribution in [-0.4, -0.2) is 27.5 Å². The first kappa shape index (κ1) is 19.6. The van der Waals surface area contributed by atoms with E-state index in [1.165, 1.54) is 6.20 Å². The molecule has 1 N–H and O–H groups in total. The summed E-state index contributed by atoms with van der Waals surface area (Å²) in [5.74, 6) is 1.06. The topological polar surface area (TPSA) is 77.0 Å². The molecule has 0 aliphatic heterocycles. The summed E-state index contributed by atoms with van der Waals surface area (Å²) >= 11 is 5.88. The van der Waals surface area contributed by atoms with E-state index in [2.05, 4.69) is 32.4 Å². The van der Waals surface area contributed by atoms with E-state index in [1.54, 1.807) is 18.3 Å². The lowest BCUT2D eigenvalue weighted by atomic mass is 9.82. The molecule has 2 aromatic rings. The van der Waals surface area contributed by atoms with E-state index < -0.39 is 0 Å². The fraction of sp³-hybridized carbons (Fsp3) is 0.364. The lowest BCUT2D eigenvalue weighted by molar-refractivity contribution is -0.118. The van der Waals surface area contributed by atoms with Gasteiger partial charge in [-0.3, -0.25) is 9.78 Å². The molecule has 1 unspecified atom stereocenters. The summed E-state index contributed by atoms with van der Waals surface area (Å²) in [6, 6.07) is 3.41. The van der Waals surface area contributed by atoms with Gasteiger partial charge in [0, 0.05) is 17.5 Å². The number of anilines is 1. The molecular formula is C22H23ClN4O2. The van der Waals surface area contributed by atoms with Gasteiger partial charge in [-0.15, -0.1) is 0 Å². The largest absolute Gasteiger partial charge is 0.476 e. The molecule has 6 nitrogen and oxygen atoms in total. The van der Waals surface area contributed by atoms with Gasteiger partial charge in [0.05, 0.1) is 29.2 Å². The number of carbonyl (C=O) groups is 1. The summed E-state index contributed by atoms with van der Waals surface area (Å²) in [4.78, 5) is 25.9. The molecule has 0 saturated heterocycles. The third-order valence-electron chi connectivity index (χ3n) is 5.63. The molecule has 2 aliphatic carbocycles. The van der Waals surface area contributed by atoms with Crippen molar-refractivity contribution >= 4 is 23.3 Å². The molecule has 7 heteroatoms. The number of pyridine rings is 1. The normalized spacial score (nSPS) is 24.9. The van der Waals surface area contributed by atoms with Crippen LogP contribution in [0.1, 0.15) is 24.2 Å². The second kappa shape index (κ2) is 7.95. The molecule has 4 rings (SSSR count). The lowest BCUT2D eigenvalue weighted by Gasteiger charge is -2.26. The Kier molecular flexibility index (Phi) is 5.37. The van der Waals surface area contributed by atoms with Crippen molar-refractivity contribution in [1.82, 2.24) is 15.0 Å². The number of allylic oxidation sites excluding steroid dienone is 4. The van der Waals surface area contributed by atoms with Crippen LogP contribution in [0.3, 0.4) is 0 Å². The Bertz CT molecular complexity index is 973. The highest BCUT2D eigenvalue weighted by atomic mass is 35.5. The third-order valence-corrected chi connectivity index (χ3v) is 5.86. The number of aryl methyl sites for hydroxylation is 2. The Hall–Kier alpha value is -2.73. The van der Waals surface area contributed by atoms with Crippen molar-refractivity contribution in [2.24, 2.45) is 17.3 Å². The number of nitrogens with one attached hydrogen (secondary N) is 1. The van der Waals surface area contributed by atoms with Gasteiger partial charge in [-0.2, -0.15) is 0 Å². The highest BCUT2D eigenvalue weighted by Gasteiger charge is 2.62. The van der Waals surface area contributed by atoms with Gasteiger partial charge in [0.1, 0.15) is 5.82 Å². The average molecular weight is 411 g/mol. The smallest absolute Gasteiger partial charge is 0.235 e. The van der Waals surface area contributed by atoms with Crippen molar-refractivity contribution in [2.45, 2.75) is 26.7 Å². The van der Waals surface area contributed by atoms with E-state index in [4.69, 9.17) is 16.3 Å². The van der Waals surface area contributed by atoms with E-state index in [1.807, 2.05) is 26.0 Å². The number of aromatic nitrogens is 3. The monoisotopic (exact) mass is 410 g/mol. The molecule has 2 heterocycles. The molecule has 2 aliphatic rings. The van der Waals surface area contributed by atoms with Crippen LogP contribution in [-0.2, 0) is 4.79 Å². The van der Waals surface area contributed by atoms with Crippen LogP contribution in [0.4, 0.5) is 5.82 Å². The molecule has 1 saturated carbocycles. The van der Waals surface area contributed by atoms with Crippen molar-refractivity contribution in [3.63, 3.8) is 0 Å². The number of rotatable bonds is 6. The Morgan fingerprint density at radius 2 is 2.14 bits per heavy atom. The van der Waals surface area contributed by atoms with Crippen molar-refractivity contribution in [1.29, 1.82) is 0 Å². The minimum Gasteiger partial charge on any atom is -0.476 e. The zero-order valence-corrected chi connectivity index (χ0v) is 17.2. The molecule has 0 spiro atoms. The van der Waals surface area contributed by atoms with Gasteiger partial charge in [-0.1, -0.05) is 35.9 Å². The average Bonchev–Trinajstić information content (AvgIpc) is 3.46. The highest BCUT2D eigenvalue weighted by Crippen LogP contribution is 2.60. The van der Waals surface area contributed by atoms with Crippen LogP contribution in [0, 0.1) is 31.1 Å². The maximum atomic E-state index is 12.9. The molecule has 3 atom stereocenters. The summed E-state index contributed by atoms with van der Waals surface area (Å²) in [5.41, 5.74) is 1.34. The Morgan fingerprint density at radius 1 is 1.28 bits per heavy atom. The molecule has 29 heavy (non-hydrogen) atoms. The van der Waals surface area contributed by atoms with E-state index >= 15 is 0 Å². The van der Waals surface area contributed by atoms with Gasteiger partial charge in [-0.25, -0.2) is 9.97 Å². The Balaban J connectivity index is 1.50. The van der Waals surface area contributed by atoms with Crippen molar-refractivity contribution in [3.8, 4) is 5.88 Å². The first-order valence-electron chi connectivity index (χ1n) is 9.67. The van der Waals surface area contributed by atoms with Crippen LogP contribution >= 0.6 is 11.6 Å². The molecular weight excluding hydrogens is 388 g/mol. The minimum absolute atomic E-state index is 0.0434. The van der Waals surface area contributed by atoms with Crippen LogP contribution in [0.25, 0.3) is 0 Å². The summed E-state index contributed by atoms with van der Waals surface area (Å²) < 4.78 is 6.07. The number of hydrogen-bond donors (Lipinski definition) is 1. The molecule has 0 aromatic carbocycles. The molecule has 0 radical (unpaired) electrons. The number of ether oxygens (including phenoxy) is 1. The van der Waals surface area contributed by atoms with E-state index in [0.717, 1.165) is 24.2 Å². The number of nitrogens with zero attached hydrogens (tertiary/aromatic N) is 3. The fourth-order valence-corrected chi connectivity index (χ4v) is 4.06. The zero-order valence-electron chi connectivity index (χ0n) is 16.4. The van der Waals surface area contributed by atoms with Crippen molar-refractivity contribution in [3.05, 3.63) is 65.2 Å². The SMILES string of the molecule is Cc1cnc(OC[C@@]2(C3C=CC=CC3)C[C@H]2C(=O)Nc2ccc(Cl)cn2)c(C)n1. The maximum absolute atomic E-state index is 12.9. The molecule has 150 valence electrons. The van der Waals surface area contributed by atoms with Crippen LogP contribution in [0.15, 0.2) is 48.8 Å². The van der Waals surface area contributed by atoms with E-state index in [0.29, 0.717) is 23.3 Å². The molecule has 1 amide bonds. The summed E-state index contributed by atoms with van der Waals surface area (Å²) in [6.45, 7) is 4.20. The predicted molar refractivity (Wildman–Crippen MR) is 112 cm³/mol. The van der Waals surface area contributed by atoms with Crippen LogP contribution in [0.5, 0.6) is 5.88 Å². The first-order valence-corrected chi connectivity index (χ1v) is 10.0. The number of carbonyl (C=O) groups excluding carboxylic acids is 1. The molecule has 1 fully saturated rings. The van der Waals surface area contributed by atoms with E-state index in [-0.39, 0.29) is 23.2 Å². The minimum atomic E-state index is -0.267. The predicted octanol–water partition coefficient (Wildman–Crippen LogP) is 4.30. The van der Waals surface area contributed by atoms with Gasteiger partial charge in [0.2, 0.25) is 11.8 Å². The van der Waals surface area contributed by atoms with Gasteiger partial charge in [-0.05, 0) is 44.7 Å². The van der Waals surface area contributed by atoms with Gasteiger partial charge in [0.15, 0.2) is 0 Å². The number of amides is 1. The van der Waals surface area contributed by atoms with Gasteiger partial charge >= 0.3 is 0 Å². The second-order valence-electron chi connectivity index (χ2n) is 7.69. The van der Waals surface area contributed by atoms with Gasteiger partial charge < -0.3 is 10.1 Å². The highest BCUT2D eigenvalue weighted by molar-refractivity contribution is 6.30. The Labute approximate surface area is 175 Å². The van der Waals surface area contributed by atoms with Crippen molar-refractivity contribution in [2.75, 3.05) is 11.9 Å². The lowest BCUT2D eigenvalue weighted by Crippen LogP contribution is -2.29. The maximum Gasteiger partial charge on any atom is 0.235 e. The number of hydrogen-bond acceptors (Lipinski definition) is 5. The molecule has 2 aromatic heterocycles. The number of halogens is 1. The van der Waals surface area contributed by atoms with Crippen molar-refractivity contribution < 1.29 is 9.53 Å². The quantitative estimate of drug-likeness (QED) is 0.768. The van der Waals surface area contributed by atoms with Crippen LogP contribution in [0.2, 0.25) is 5.02 Å². The van der Waals surface area contributed by atoms with Crippen LogP contribution < -0.4 is 10.1 Å². The fourth-order valence-electron chi connectivity index (χ4n) is 3.95. The Morgan fingerprint density at radius 3 is 2.83 bits per heavy atom. The summed E-state index contributed by atoms with van der Waals surface area (Å²) in [6.07, 6.45) is 13.3. The molecule has 0 bridgehead atoms. The van der Waals surface area contributed by atoms with E-state index in [9.17, 15) is 4.79 Å². The summed E-state index contributed by atoms with van der Waals surface area (Å²) in [7, 11) is 0. The first-order chi connectivity index (χ1) is 14.0. The standard InChI is InChI=1S/C22H23ClN4O2/c1-14-11-25-21(15(2)26-14)29-13-22(16-6-4-3-5-7-16)10-18(22)20(28)27-19-9-8-17(23)12-24-19/h3-6,8-9,11-12,16,18H,7,10,13H2,1-2H3,(H,24,27,28)/t16?,18-,22+/m0/s1. The second-order valence-corrected chi connectivity index (χ2v) is 8.12. The zero-order chi connectivity index (χ0) is 20.4. The third kappa shape index (κ3) is 4.17.